The van der Waals surface area contributed by atoms with Crippen molar-refractivity contribution >= 4 is 11.0 Å². The summed E-state index contributed by atoms with van der Waals surface area (Å²) in [6.45, 7) is 0.419. The van der Waals surface area contributed by atoms with E-state index in [4.69, 9.17) is 4.74 Å². The van der Waals surface area contributed by atoms with Gasteiger partial charge in [0.2, 0.25) is 0 Å². The summed E-state index contributed by atoms with van der Waals surface area (Å²) in [6.07, 6.45) is 6.87. The highest BCUT2D eigenvalue weighted by Gasteiger charge is 2.13. The minimum Gasteiger partial charge on any atom is -0.496 e. The number of aliphatic hydroxyl groups is 1. The third kappa shape index (κ3) is 3.20. The first-order valence-corrected chi connectivity index (χ1v) is 9.38. The Morgan fingerprint density at radius 1 is 1.17 bits per heavy atom. The summed E-state index contributed by atoms with van der Waals surface area (Å²) < 4.78 is 9.29. The van der Waals surface area contributed by atoms with Gasteiger partial charge in [-0.3, -0.25) is 4.57 Å². The van der Waals surface area contributed by atoms with E-state index in [0.717, 1.165) is 39.4 Å². The predicted octanol–water partition coefficient (Wildman–Crippen LogP) is 2.56. The van der Waals surface area contributed by atoms with Crippen molar-refractivity contribution in [3.05, 3.63) is 72.8 Å². The van der Waals surface area contributed by atoms with Gasteiger partial charge in [0.05, 0.1) is 24.7 Å². The van der Waals surface area contributed by atoms with Crippen molar-refractivity contribution in [1.29, 1.82) is 0 Å². The van der Waals surface area contributed by atoms with Gasteiger partial charge in [0, 0.05) is 29.2 Å². The highest BCUT2D eigenvalue weighted by Crippen LogP contribution is 2.28. The number of benzene rings is 2. The average molecular weight is 401 g/mol. The number of rotatable bonds is 6. The molecule has 0 aliphatic rings. The Kier molecular flexibility index (Phi) is 4.49. The first-order chi connectivity index (χ1) is 14.7. The average Bonchev–Trinajstić information content (AvgIpc) is 3.53. The largest absolute Gasteiger partial charge is 0.496 e. The summed E-state index contributed by atoms with van der Waals surface area (Å²) in [4.78, 5) is 16.1. The molecule has 0 atom stereocenters. The zero-order valence-corrected chi connectivity index (χ0v) is 16.2. The number of aromatic amines is 1. The van der Waals surface area contributed by atoms with Crippen LogP contribution in [0.2, 0.25) is 0 Å². The quantitative estimate of drug-likeness (QED) is 0.453. The van der Waals surface area contributed by atoms with Gasteiger partial charge in [-0.05, 0) is 36.4 Å². The molecule has 3 heterocycles. The fraction of sp³-hybridized carbons (Fsp3) is 0.143. The lowest BCUT2D eigenvalue weighted by Crippen LogP contribution is -2.03. The smallest absolute Gasteiger partial charge is 0.144 e. The minimum absolute atomic E-state index is 0.124. The van der Waals surface area contributed by atoms with Gasteiger partial charge in [-0.1, -0.05) is 0 Å². The van der Waals surface area contributed by atoms with Crippen molar-refractivity contribution in [2.45, 2.75) is 13.2 Å². The number of methoxy groups -OCH3 is 1. The number of ether oxygens (including phenoxy) is 1. The van der Waals surface area contributed by atoms with Gasteiger partial charge in [0.1, 0.15) is 36.7 Å². The van der Waals surface area contributed by atoms with Gasteiger partial charge < -0.3 is 14.8 Å². The van der Waals surface area contributed by atoms with Gasteiger partial charge in [0.15, 0.2) is 0 Å². The van der Waals surface area contributed by atoms with E-state index < -0.39 is 0 Å². The summed E-state index contributed by atoms with van der Waals surface area (Å²) in [5.41, 5.74) is 4.54. The van der Waals surface area contributed by atoms with Gasteiger partial charge in [-0.15, -0.1) is 0 Å². The van der Waals surface area contributed by atoms with E-state index in [1.807, 2.05) is 41.1 Å². The third-order valence-corrected chi connectivity index (χ3v) is 4.92. The minimum atomic E-state index is -0.124. The number of hydrogen-bond acceptors (Lipinski definition) is 6. The predicted molar refractivity (Wildman–Crippen MR) is 110 cm³/mol. The number of nitrogens with zero attached hydrogens (tertiary/aromatic N) is 6. The van der Waals surface area contributed by atoms with Crippen LogP contribution < -0.4 is 4.74 Å². The van der Waals surface area contributed by atoms with Crippen LogP contribution in [0.5, 0.6) is 5.75 Å². The fourth-order valence-corrected chi connectivity index (χ4v) is 3.53. The maximum atomic E-state index is 9.32. The van der Waals surface area contributed by atoms with Crippen LogP contribution in [0.1, 0.15) is 11.4 Å². The van der Waals surface area contributed by atoms with Crippen LogP contribution in [0.25, 0.3) is 28.1 Å². The molecule has 9 heteroatoms. The molecule has 0 radical (unpaired) electrons. The van der Waals surface area contributed by atoms with Crippen LogP contribution in [0.4, 0.5) is 0 Å². The SMILES string of the molecule is COc1ccc(-c2nccn2-c2ccc3nc(CO)[nH]c3c2)cc1Cn1cncn1. The second kappa shape index (κ2) is 7.45. The van der Waals surface area contributed by atoms with E-state index in [2.05, 4.69) is 31.1 Å². The Morgan fingerprint density at radius 3 is 2.90 bits per heavy atom. The number of hydrogen-bond donors (Lipinski definition) is 2. The molecule has 5 aromatic rings. The first kappa shape index (κ1) is 18.1. The van der Waals surface area contributed by atoms with Crippen molar-refractivity contribution in [3.8, 4) is 22.8 Å². The van der Waals surface area contributed by atoms with E-state index in [-0.39, 0.29) is 6.61 Å². The van der Waals surface area contributed by atoms with E-state index in [1.54, 1.807) is 24.3 Å². The molecule has 0 aliphatic carbocycles. The molecule has 9 nitrogen and oxygen atoms in total. The molecule has 0 aliphatic heterocycles. The topological polar surface area (TPSA) is 107 Å². The zero-order chi connectivity index (χ0) is 20.5. The van der Waals surface area contributed by atoms with Gasteiger partial charge >= 0.3 is 0 Å². The van der Waals surface area contributed by atoms with E-state index >= 15 is 0 Å². The molecular weight excluding hydrogens is 382 g/mol. The van der Waals surface area contributed by atoms with E-state index in [0.29, 0.717) is 12.4 Å². The molecule has 0 saturated heterocycles. The Bertz CT molecular complexity index is 1300. The summed E-state index contributed by atoms with van der Waals surface area (Å²) in [7, 11) is 1.65. The van der Waals surface area contributed by atoms with Crippen molar-refractivity contribution in [2.75, 3.05) is 7.11 Å². The molecule has 0 fully saturated rings. The summed E-state index contributed by atoms with van der Waals surface area (Å²) in [5.74, 6) is 2.13. The van der Waals surface area contributed by atoms with Crippen LogP contribution in [-0.2, 0) is 13.2 Å². The van der Waals surface area contributed by atoms with Crippen molar-refractivity contribution in [1.82, 2.24) is 34.3 Å². The molecule has 150 valence electrons. The Labute approximate surface area is 171 Å². The van der Waals surface area contributed by atoms with Crippen molar-refractivity contribution in [2.24, 2.45) is 0 Å². The number of nitrogens with one attached hydrogen (secondary N) is 1. The van der Waals surface area contributed by atoms with Crippen LogP contribution in [0.3, 0.4) is 0 Å². The van der Waals surface area contributed by atoms with Gasteiger partial charge in [-0.25, -0.2) is 19.6 Å². The molecule has 30 heavy (non-hydrogen) atoms. The number of fused-ring (bicyclic) bond motifs is 1. The van der Waals surface area contributed by atoms with E-state index in [9.17, 15) is 5.11 Å². The van der Waals surface area contributed by atoms with Gasteiger partial charge in [-0.2, -0.15) is 5.10 Å². The van der Waals surface area contributed by atoms with Crippen LogP contribution in [0.15, 0.2) is 61.4 Å². The monoisotopic (exact) mass is 401 g/mol. The van der Waals surface area contributed by atoms with Crippen LogP contribution >= 0.6 is 0 Å². The second-order valence-corrected chi connectivity index (χ2v) is 6.78. The maximum Gasteiger partial charge on any atom is 0.144 e. The Morgan fingerprint density at radius 2 is 2.10 bits per heavy atom. The number of imidazole rings is 2. The summed E-state index contributed by atoms with van der Waals surface area (Å²) >= 11 is 0. The summed E-state index contributed by atoms with van der Waals surface area (Å²) in [6, 6.07) is 11.9. The lowest BCUT2D eigenvalue weighted by molar-refractivity contribution is 0.273. The molecule has 0 bridgehead atoms. The Hall–Kier alpha value is -3.98. The highest BCUT2D eigenvalue weighted by atomic mass is 16.5. The molecule has 0 unspecified atom stereocenters. The number of H-pyrrole nitrogens is 1. The standard InChI is InChI=1S/C21H19N7O2/c1-30-19-5-2-14(8-15(19)10-27-13-22-12-24-27)21-23-6-7-28(21)16-3-4-17-18(9-16)26-20(11-29)25-17/h2-9,12-13,29H,10-11H2,1H3,(H,25,26). The molecule has 5 rings (SSSR count). The molecule has 0 saturated carbocycles. The lowest BCUT2D eigenvalue weighted by Gasteiger charge is -2.12. The fourth-order valence-electron chi connectivity index (χ4n) is 3.53. The van der Waals surface area contributed by atoms with Crippen molar-refractivity contribution < 1.29 is 9.84 Å². The van der Waals surface area contributed by atoms with Crippen LogP contribution in [0, 0.1) is 0 Å². The number of aliphatic hydroxyl groups excluding tert-OH is 1. The van der Waals surface area contributed by atoms with Gasteiger partial charge in [0.25, 0.3) is 0 Å². The Balaban J connectivity index is 1.55. The zero-order valence-electron chi connectivity index (χ0n) is 16.2. The van der Waals surface area contributed by atoms with E-state index in [1.165, 1.54) is 6.33 Å². The normalized spacial score (nSPS) is 11.3. The molecule has 0 amide bonds. The third-order valence-electron chi connectivity index (χ3n) is 4.92. The molecule has 0 spiro atoms. The highest BCUT2D eigenvalue weighted by molar-refractivity contribution is 5.78. The maximum absolute atomic E-state index is 9.32. The molecule has 2 aromatic carbocycles. The first-order valence-electron chi connectivity index (χ1n) is 9.38. The summed E-state index contributed by atoms with van der Waals surface area (Å²) in [5, 5.41) is 13.5. The molecule has 2 N–H and O–H groups in total. The molecular formula is C21H19N7O2. The lowest BCUT2D eigenvalue weighted by atomic mass is 10.1. The van der Waals surface area contributed by atoms with Crippen LogP contribution in [-0.4, -0.2) is 46.5 Å². The molecule has 3 aromatic heterocycles. The number of aromatic nitrogens is 7. The second-order valence-electron chi connectivity index (χ2n) is 6.78. The van der Waals surface area contributed by atoms with Crippen molar-refractivity contribution in [3.63, 3.8) is 0 Å².